The monoisotopic (exact) mass is 256 g/mol. The van der Waals surface area contributed by atoms with Crippen molar-refractivity contribution in [3.05, 3.63) is 53.6 Å². The summed E-state index contributed by atoms with van der Waals surface area (Å²) in [5.41, 5.74) is 3.10. The molecule has 0 amide bonds. The third-order valence-electron chi connectivity index (χ3n) is 3.36. The van der Waals surface area contributed by atoms with Gasteiger partial charge in [-0.1, -0.05) is 18.2 Å². The summed E-state index contributed by atoms with van der Waals surface area (Å²) in [4.78, 5) is 0. The van der Waals surface area contributed by atoms with Gasteiger partial charge in [0.2, 0.25) is 0 Å². The maximum Gasteiger partial charge on any atom is 0.122 e. The molecular weight excluding hydrogens is 240 g/mol. The third kappa shape index (κ3) is 2.22. The number of ether oxygens (including phenoxy) is 1. The number of methoxy groups -OCH3 is 1. The molecule has 1 aliphatic heterocycles. The average molecular weight is 256 g/mol. The second kappa shape index (κ2) is 4.82. The van der Waals surface area contributed by atoms with Gasteiger partial charge in [-0.05, 0) is 29.8 Å². The molecule has 0 radical (unpaired) electrons. The molecule has 4 nitrogen and oxygen atoms in total. The maximum absolute atomic E-state index is 10.00. The molecule has 1 unspecified atom stereocenters. The molecule has 2 aromatic carbocycles. The number of phenolic OH excluding ortho intramolecular Hbond substituents is 1. The summed E-state index contributed by atoms with van der Waals surface area (Å²) in [5, 5.41) is 16.7. The summed E-state index contributed by atoms with van der Waals surface area (Å²) in [7, 11) is 1.62. The lowest BCUT2D eigenvalue weighted by atomic mass is 10.1. The van der Waals surface area contributed by atoms with Gasteiger partial charge in [-0.2, -0.15) is 0 Å². The molecule has 0 saturated heterocycles. The fourth-order valence-corrected chi connectivity index (χ4v) is 2.31. The van der Waals surface area contributed by atoms with Gasteiger partial charge in [-0.25, -0.2) is 0 Å². The number of fused-ring (bicyclic) bond motifs is 1. The van der Waals surface area contributed by atoms with Crippen LogP contribution in [0.1, 0.15) is 17.3 Å². The summed E-state index contributed by atoms with van der Waals surface area (Å²) in [6, 6.07) is 13.4. The van der Waals surface area contributed by atoms with Gasteiger partial charge in [0.25, 0.3) is 0 Å². The van der Waals surface area contributed by atoms with Crippen molar-refractivity contribution in [2.24, 2.45) is 0 Å². The summed E-state index contributed by atoms with van der Waals surface area (Å²) < 4.78 is 5.20. The minimum Gasteiger partial charge on any atom is -0.508 e. The molecule has 19 heavy (non-hydrogen) atoms. The lowest BCUT2D eigenvalue weighted by Gasteiger charge is -2.29. The molecule has 2 aromatic rings. The number of rotatable bonds is 2. The van der Waals surface area contributed by atoms with E-state index in [0.29, 0.717) is 0 Å². The summed E-state index contributed by atoms with van der Waals surface area (Å²) in [6.07, 6.45) is -0.120. The highest BCUT2D eigenvalue weighted by Gasteiger charge is 2.20. The van der Waals surface area contributed by atoms with Gasteiger partial charge < -0.3 is 15.2 Å². The predicted molar refractivity (Wildman–Crippen MR) is 74.3 cm³/mol. The first-order chi connectivity index (χ1) is 9.28. The predicted octanol–water partition coefficient (Wildman–Crippen LogP) is 2.61. The Morgan fingerprint density at radius 2 is 2.05 bits per heavy atom. The fourth-order valence-electron chi connectivity index (χ4n) is 2.31. The molecule has 1 heterocycles. The van der Waals surface area contributed by atoms with Crippen molar-refractivity contribution in [3.63, 3.8) is 0 Å². The second-order valence-corrected chi connectivity index (χ2v) is 4.54. The number of para-hydroxylation sites is 1. The van der Waals surface area contributed by atoms with Crippen LogP contribution in [-0.2, 0) is 6.54 Å². The van der Waals surface area contributed by atoms with Crippen LogP contribution >= 0.6 is 0 Å². The van der Waals surface area contributed by atoms with Gasteiger partial charge in [-0.15, -0.1) is 0 Å². The van der Waals surface area contributed by atoms with E-state index in [4.69, 9.17) is 4.74 Å². The number of benzene rings is 2. The molecular formula is C15H16N2O2. The Morgan fingerprint density at radius 3 is 2.89 bits per heavy atom. The van der Waals surface area contributed by atoms with E-state index in [1.807, 2.05) is 24.3 Å². The zero-order chi connectivity index (χ0) is 13.2. The summed E-state index contributed by atoms with van der Waals surface area (Å²) >= 11 is 0. The Hall–Kier alpha value is -2.20. The first kappa shape index (κ1) is 11.9. The van der Waals surface area contributed by atoms with E-state index >= 15 is 0 Å². The van der Waals surface area contributed by atoms with E-state index in [1.165, 1.54) is 5.56 Å². The van der Waals surface area contributed by atoms with Crippen molar-refractivity contribution < 1.29 is 9.84 Å². The third-order valence-corrected chi connectivity index (χ3v) is 3.36. The summed E-state index contributed by atoms with van der Waals surface area (Å²) in [5.74, 6) is 0.987. The van der Waals surface area contributed by atoms with Crippen LogP contribution in [0.15, 0.2) is 42.5 Å². The van der Waals surface area contributed by atoms with Gasteiger partial charge in [-0.3, -0.25) is 5.32 Å². The number of aromatic hydroxyl groups is 1. The normalized spacial score (nSPS) is 17.4. The van der Waals surface area contributed by atoms with Gasteiger partial charge >= 0.3 is 0 Å². The largest absolute Gasteiger partial charge is 0.508 e. The molecule has 0 aliphatic carbocycles. The average Bonchev–Trinajstić information content (AvgIpc) is 2.47. The topological polar surface area (TPSA) is 53.5 Å². The van der Waals surface area contributed by atoms with Gasteiger partial charge in [0, 0.05) is 17.8 Å². The Morgan fingerprint density at radius 1 is 1.21 bits per heavy atom. The molecule has 3 rings (SSSR count). The van der Waals surface area contributed by atoms with Gasteiger partial charge in [0.1, 0.15) is 17.7 Å². The zero-order valence-electron chi connectivity index (χ0n) is 10.7. The number of nitrogens with one attached hydrogen (secondary N) is 2. The van der Waals surface area contributed by atoms with Crippen LogP contribution in [-0.4, -0.2) is 12.2 Å². The van der Waals surface area contributed by atoms with E-state index in [9.17, 15) is 5.11 Å². The van der Waals surface area contributed by atoms with Crippen molar-refractivity contribution >= 4 is 5.69 Å². The Bertz CT molecular complexity index is 598. The highest BCUT2D eigenvalue weighted by atomic mass is 16.5. The van der Waals surface area contributed by atoms with E-state index in [0.717, 1.165) is 23.5 Å². The quantitative estimate of drug-likeness (QED) is 0.773. The van der Waals surface area contributed by atoms with Crippen LogP contribution in [0.4, 0.5) is 5.69 Å². The summed E-state index contributed by atoms with van der Waals surface area (Å²) in [6.45, 7) is 0.768. The van der Waals surface area contributed by atoms with E-state index < -0.39 is 0 Å². The Kier molecular flexibility index (Phi) is 3.01. The smallest absolute Gasteiger partial charge is 0.122 e. The molecule has 1 atom stereocenters. The highest BCUT2D eigenvalue weighted by molar-refractivity contribution is 5.56. The first-order valence-electron chi connectivity index (χ1n) is 6.22. The Balaban J connectivity index is 1.92. The molecule has 0 aromatic heterocycles. The van der Waals surface area contributed by atoms with E-state index in [1.54, 1.807) is 19.2 Å². The number of phenols is 1. The van der Waals surface area contributed by atoms with Crippen LogP contribution in [0, 0.1) is 0 Å². The standard InChI is InChI=1S/C15H16N2O2/c1-19-11-6-7-14(18)12(8-11)15-16-9-10-4-2-3-5-13(10)17-15/h2-8,15-18H,9H2,1H3. The zero-order valence-corrected chi connectivity index (χ0v) is 10.7. The van der Waals surface area contributed by atoms with Crippen molar-refractivity contribution in [3.8, 4) is 11.5 Å². The van der Waals surface area contributed by atoms with Crippen LogP contribution in [0.5, 0.6) is 11.5 Å². The first-order valence-corrected chi connectivity index (χ1v) is 6.22. The minimum absolute atomic E-state index is 0.120. The van der Waals surface area contributed by atoms with E-state index in [-0.39, 0.29) is 11.9 Å². The van der Waals surface area contributed by atoms with Crippen LogP contribution in [0.25, 0.3) is 0 Å². The highest BCUT2D eigenvalue weighted by Crippen LogP contribution is 2.32. The van der Waals surface area contributed by atoms with Crippen molar-refractivity contribution in [2.75, 3.05) is 12.4 Å². The SMILES string of the molecule is COc1ccc(O)c(C2NCc3ccccc3N2)c1. The van der Waals surface area contributed by atoms with Crippen molar-refractivity contribution in [2.45, 2.75) is 12.7 Å². The fraction of sp³-hybridized carbons (Fsp3) is 0.200. The molecule has 4 heteroatoms. The number of hydrogen-bond donors (Lipinski definition) is 3. The molecule has 3 N–H and O–H groups in total. The molecule has 0 bridgehead atoms. The van der Waals surface area contributed by atoms with Crippen LogP contribution < -0.4 is 15.4 Å². The molecule has 0 spiro atoms. The van der Waals surface area contributed by atoms with Gasteiger partial charge in [0.05, 0.1) is 7.11 Å². The van der Waals surface area contributed by atoms with Crippen molar-refractivity contribution in [1.82, 2.24) is 5.32 Å². The van der Waals surface area contributed by atoms with Crippen molar-refractivity contribution in [1.29, 1.82) is 0 Å². The minimum atomic E-state index is -0.120. The number of hydrogen-bond acceptors (Lipinski definition) is 4. The second-order valence-electron chi connectivity index (χ2n) is 4.54. The van der Waals surface area contributed by atoms with Crippen LogP contribution in [0.3, 0.4) is 0 Å². The van der Waals surface area contributed by atoms with Gasteiger partial charge in [0.15, 0.2) is 0 Å². The van der Waals surface area contributed by atoms with Crippen LogP contribution in [0.2, 0.25) is 0 Å². The number of anilines is 1. The Labute approximate surface area is 112 Å². The molecule has 1 aliphatic rings. The molecule has 98 valence electrons. The lowest BCUT2D eigenvalue weighted by Crippen LogP contribution is -2.32. The molecule has 0 fully saturated rings. The van der Waals surface area contributed by atoms with E-state index in [2.05, 4.69) is 16.7 Å². The maximum atomic E-state index is 10.00. The molecule has 0 saturated carbocycles. The lowest BCUT2D eigenvalue weighted by molar-refractivity contribution is 0.407.